The predicted molar refractivity (Wildman–Crippen MR) is 76.8 cm³/mol. The number of sulfonamides is 1. The molecule has 4 nitrogen and oxygen atoms in total. The van der Waals surface area contributed by atoms with Gasteiger partial charge in [0.05, 0.1) is 5.02 Å². The Kier molecular flexibility index (Phi) is 6.88. The van der Waals surface area contributed by atoms with Gasteiger partial charge in [0.15, 0.2) is 0 Å². The molecule has 0 amide bonds. The highest BCUT2D eigenvalue weighted by atomic mass is 35.5. The first-order valence-corrected chi connectivity index (χ1v) is 8.31. The summed E-state index contributed by atoms with van der Waals surface area (Å²) in [7, 11) is -3.85. The molecule has 0 unspecified atom stereocenters. The lowest BCUT2D eigenvalue weighted by Crippen LogP contribution is -2.33. The van der Waals surface area contributed by atoms with E-state index in [9.17, 15) is 12.8 Å². The lowest BCUT2D eigenvalue weighted by Gasteiger charge is -2.22. The Morgan fingerprint density at radius 1 is 1.30 bits per heavy atom. The van der Waals surface area contributed by atoms with Crippen molar-refractivity contribution in [2.75, 3.05) is 19.7 Å². The average Bonchev–Trinajstić information content (AvgIpc) is 2.41. The fourth-order valence-corrected chi connectivity index (χ4v) is 3.75. The molecule has 7 heteroatoms. The Labute approximate surface area is 124 Å². The van der Waals surface area contributed by atoms with Crippen LogP contribution >= 0.6 is 11.6 Å². The maximum atomic E-state index is 13.3. The van der Waals surface area contributed by atoms with E-state index in [0.29, 0.717) is 19.4 Å². The third kappa shape index (κ3) is 4.41. The van der Waals surface area contributed by atoms with Crippen LogP contribution in [0.25, 0.3) is 0 Å². The second-order valence-corrected chi connectivity index (χ2v) is 6.72. The molecule has 0 radical (unpaired) electrons. The fourth-order valence-electron chi connectivity index (χ4n) is 1.75. The summed E-state index contributed by atoms with van der Waals surface area (Å²) >= 11 is 5.87. The highest BCUT2D eigenvalue weighted by molar-refractivity contribution is 7.89. The average molecular weight is 324 g/mol. The molecule has 20 heavy (non-hydrogen) atoms. The number of hydrogen-bond donors (Lipinski definition) is 1. The van der Waals surface area contributed by atoms with Gasteiger partial charge in [0.2, 0.25) is 10.0 Å². The first kappa shape index (κ1) is 17.4. The number of benzene rings is 1. The summed E-state index contributed by atoms with van der Waals surface area (Å²) in [5, 5.41) is 8.87. The van der Waals surface area contributed by atoms with E-state index < -0.39 is 15.8 Å². The van der Waals surface area contributed by atoms with Gasteiger partial charge in [-0.05, 0) is 31.0 Å². The maximum Gasteiger partial charge on any atom is 0.244 e. The van der Waals surface area contributed by atoms with Gasteiger partial charge in [-0.3, -0.25) is 0 Å². The van der Waals surface area contributed by atoms with Crippen molar-refractivity contribution in [2.45, 2.75) is 31.1 Å². The lowest BCUT2D eigenvalue weighted by atomic mass is 10.3. The van der Waals surface area contributed by atoms with Crippen molar-refractivity contribution < 1.29 is 17.9 Å². The third-order valence-corrected chi connectivity index (χ3v) is 5.22. The molecule has 0 saturated carbocycles. The molecule has 0 saturated heterocycles. The lowest BCUT2D eigenvalue weighted by molar-refractivity contribution is 0.268. The van der Waals surface area contributed by atoms with Crippen molar-refractivity contribution in [1.29, 1.82) is 0 Å². The van der Waals surface area contributed by atoms with Crippen molar-refractivity contribution in [3.8, 4) is 0 Å². The monoisotopic (exact) mass is 323 g/mol. The molecular weight excluding hydrogens is 305 g/mol. The second-order valence-electron chi connectivity index (χ2n) is 4.41. The maximum absolute atomic E-state index is 13.3. The van der Waals surface area contributed by atoms with Crippen LogP contribution in [0.3, 0.4) is 0 Å². The van der Waals surface area contributed by atoms with Crippen LogP contribution in [0.15, 0.2) is 23.1 Å². The zero-order valence-electron chi connectivity index (χ0n) is 11.3. The minimum atomic E-state index is -3.85. The predicted octanol–water partition coefficient (Wildman–Crippen LogP) is 2.65. The number of rotatable bonds is 8. The van der Waals surface area contributed by atoms with E-state index in [1.807, 2.05) is 6.92 Å². The first-order chi connectivity index (χ1) is 9.43. The Hall–Kier alpha value is -0.690. The van der Waals surface area contributed by atoms with Crippen LogP contribution in [0.5, 0.6) is 0 Å². The van der Waals surface area contributed by atoms with Crippen molar-refractivity contribution in [2.24, 2.45) is 0 Å². The standard InChI is InChI=1S/C13H19ClFNO3S/c1-2-3-7-16(8-4-9-17)20(18,19)13-10-11(15)5-6-12(13)14/h5-6,10,17H,2-4,7-9H2,1H3. The molecule has 0 bridgehead atoms. The number of aliphatic hydroxyl groups is 1. The van der Waals surface area contributed by atoms with E-state index >= 15 is 0 Å². The Morgan fingerprint density at radius 2 is 1.95 bits per heavy atom. The van der Waals surface area contributed by atoms with Gasteiger partial charge in [-0.15, -0.1) is 0 Å². The minimum Gasteiger partial charge on any atom is -0.396 e. The van der Waals surface area contributed by atoms with Crippen LogP contribution in [0.2, 0.25) is 5.02 Å². The Morgan fingerprint density at radius 3 is 2.55 bits per heavy atom. The topological polar surface area (TPSA) is 57.6 Å². The van der Waals surface area contributed by atoms with Gasteiger partial charge in [0, 0.05) is 19.7 Å². The van der Waals surface area contributed by atoms with Gasteiger partial charge in [0.1, 0.15) is 10.7 Å². The number of unbranched alkanes of at least 4 members (excludes halogenated alkanes) is 1. The molecule has 0 aliphatic carbocycles. The molecular formula is C13H19ClFNO3S. The first-order valence-electron chi connectivity index (χ1n) is 6.49. The number of halogens is 2. The second kappa shape index (κ2) is 7.93. The molecule has 0 fully saturated rings. The fraction of sp³-hybridized carbons (Fsp3) is 0.538. The van der Waals surface area contributed by atoms with E-state index in [-0.39, 0.29) is 23.1 Å². The summed E-state index contributed by atoms with van der Waals surface area (Å²) in [6.07, 6.45) is 1.86. The van der Waals surface area contributed by atoms with E-state index in [1.54, 1.807) is 0 Å². The van der Waals surface area contributed by atoms with Crippen LogP contribution in [0, 0.1) is 5.82 Å². The van der Waals surface area contributed by atoms with Crippen LogP contribution < -0.4 is 0 Å². The molecule has 0 aliphatic heterocycles. The van der Waals surface area contributed by atoms with Gasteiger partial charge in [-0.25, -0.2) is 12.8 Å². The molecule has 0 aliphatic rings. The molecule has 1 aromatic rings. The van der Waals surface area contributed by atoms with Crippen LogP contribution in [-0.2, 0) is 10.0 Å². The zero-order valence-corrected chi connectivity index (χ0v) is 12.9. The Bertz CT molecular complexity index is 528. The van der Waals surface area contributed by atoms with Crippen molar-refractivity contribution in [3.05, 3.63) is 29.0 Å². The third-order valence-electron chi connectivity index (χ3n) is 2.84. The van der Waals surface area contributed by atoms with Crippen LogP contribution in [0.4, 0.5) is 4.39 Å². The van der Waals surface area contributed by atoms with Gasteiger partial charge < -0.3 is 5.11 Å². The molecule has 0 atom stereocenters. The summed E-state index contributed by atoms with van der Waals surface area (Å²) in [5.41, 5.74) is 0. The summed E-state index contributed by atoms with van der Waals surface area (Å²) in [6.45, 7) is 2.36. The molecule has 0 heterocycles. The van der Waals surface area contributed by atoms with Gasteiger partial charge >= 0.3 is 0 Å². The van der Waals surface area contributed by atoms with Crippen LogP contribution in [0.1, 0.15) is 26.2 Å². The highest BCUT2D eigenvalue weighted by Crippen LogP contribution is 2.25. The molecule has 0 spiro atoms. The number of aliphatic hydroxyl groups excluding tert-OH is 1. The number of hydrogen-bond acceptors (Lipinski definition) is 3. The van der Waals surface area contributed by atoms with Crippen LogP contribution in [-0.4, -0.2) is 37.5 Å². The van der Waals surface area contributed by atoms with Gasteiger partial charge in [-0.2, -0.15) is 4.31 Å². The number of nitrogens with zero attached hydrogens (tertiary/aromatic N) is 1. The van der Waals surface area contributed by atoms with E-state index in [0.717, 1.165) is 18.6 Å². The van der Waals surface area contributed by atoms with Crippen molar-refractivity contribution >= 4 is 21.6 Å². The normalized spacial score (nSPS) is 12.1. The SMILES string of the molecule is CCCCN(CCCO)S(=O)(=O)c1cc(F)ccc1Cl. The van der Waals surface area contributed by atoms with Crippen molar-refractivity contribution in [1.82, 2.24) is 4.31 Å². The summed E-state index contributed by atoms with van der Waals surface area (Å²) < 4.78 is 39.5. The molecule has 1 aromatic carbocycles. The highest BCUT2D eigenvalue weighted by Gasteiger charge is 2.26. The molecule has 114 valence electrons. The smallest absolute Gasteiger partial charge is 0.244 e. The molecule has 1 rings (SSSR count). The van der Waals surface area contributed by atoms with Gasteiger partial charge in [0.25, 0.3) is 0 Å². The minimum absolute atomic E-state index is 0.00287. The largest absolute Gasteiger partial charge is 0.396 e. The molecule has 1 N–H and O–H groups in total. The summed E-state index contributed by atoms with van der Waals surface area (Å²) in [5.74, 6) is -0.648. The van der Waals surface area contributed by atoms with Crippen molar-refractivity contribution in [3.63, 3.8) is 0 Å². The zero-order chi connectivity index (χ0) is 15.2. The van der Waals surface area contributed by atoms with E-state index in [1.165, 1.54) is 10.4 Å². The Balaban J connectivity index is 3.10. The molecule has 0 aromatic heterocycles. The summed E-state index contributed by atoms with van der Waals surface area (Å²) in [4.78, 5) is -0.229. The summed E-state index contributed by atoms with van der Waals surface area (Å²) in [6, 6.07) is 3.27. The quantitative estimate of drug-likeness (QED) is 0.800. The van der Waals surface area contributed by atoms with Gasteiger partial charge in [-0.1, -0.05) is 24.9 Å². The van der Waals surface area contributed by atoms with E-state index in [4.69, 9.17) is 16.7 Å². The van der Waals surface area contributed by atoms with E-state index in [2.05, 4.69) is 0 Å².